The van der Waals surface area contributed by atoms with Gasteiger partial charge in [-0.05, 0) is 118 Å². The summed E-state index contributed by atoms with van der Waals surface area (Å²) in [6, 6.07) is 2.65. The van der Waals surface area contributed by atoms with Crippen molar-refractivity contribution in [1.29, 1.82) is 0 Å². The molecule has 8 bridgehead atoms. The van der Waals surface area contributed by atoms with E-state index in [4.69, 9.17) is 81.8 Å². The monoisotopic (exact) mass is 1410 g/mol. The van der Waals surface area contributed by atoms with Crippen LogP contribution in [0.1, 0.15) is 150 Å². The van der Waals surface area contributed by atoms with Crippen molar-refractivity contribution in [3.05, 3.63) is 69.2 Å². The molecular weight excluding hydrogens is 1320 g/mol. The number of aromatic nitrogens is 2. The number of benzene rings is 1. The van der Waals surface area contributed by atoms with Gasteiger partial charge < -0.3 is 87.6 Å². The van der Waals surface area contributed by atoms with Gasteiger partial charge >= 0.3 is 16.8 Å². The van der Waals surface area contributed by atoms with E-state index in [1.807, 2.05) is 80.5 Å². The second-order valence-corrected chi connectivity index (χ2v) is 29.0. The van der Waals surface area contributed by atoms with Crippen LogP contribution >= 0.6 is 7.82 Å². The maximum atomic E-state index is 14.4. The van der Waals surface area contributed by atoms with Crippen LogP contribution in [0.3, 0.4) is 0 Å². The van der Waals surface area contributed by atoms with Gasteiger partial charge in [-0.1, -0.05) is 47.1 Å². The number of hydrogen-bond donors (Lipinski definition) is 10. The van der Waals surface area contributed by atoms with Crippen molar-refractivity contribution in [3.8, 4) is 0 Å². The molecule has 0 aliphatic carbocycles. The van der Waals surface area contributed by atoms with Crippen LogP contribution in [0.25, 0.3) is 16.4 Å². The minimum atomic E-state index is -5.32. The zero-order valence-corrected chi connectivity index (χ0v) is 57.9. The van der Waals surface area contributed by atoms with Gasteiger partial charge in [-0.3, -0.25) is 53.1 Å². The summed E-state index contributed by atoms with van der Waals surface area (Å²) in [6.07, 6.45) is -4.79. The molecule has 524 valence electrons. The number of rotatable bonds is 26. The van der Waals surface area contributed by atoms with Gasteiger partial charge in [0.25, 0.3) is 7.82 Å². The third kappa shape index (κ3) is 15.9. The number of fused-ring (bicyclic) bond motifs is 7. The number of primary amides is 6. The normalized spacial score (nSPS) is 32.5. The minimum Gasteiger partial charge on any atom is -0.756 e. The van der Waals surface area contributed by atoms with Crippen molar-refractivity contribution < 1.29 is 97.1 Å². The van der Waals surface area contributed by atoms with E-state index in [0.29, 0.717) is 56.4 Å². The molecule has 30 nitrogen and oxygen atoms in total. The van der Waals surface area contributed by atoms with Crippen LogP contribution in [-0.4, -0.2) is 141 Å². The SMILES string of the molecule is C/C1=C2/N=C(C=C3N=C(/C(C)=C4\[N-]C(C)(C5N=C1C(C)(CCC(=O)NCC(C)OP(=O)([O-])O[C@H]1[C@@H](O)[C@@H](n6cnc7cc(C)c(C)cc76)O[C@@H]1CO)C5CC(N)=O)C(C)(CC(N)=O)C4CCC(N)=O)C(C)(CC(N)=O)C3CCC(N)=O)C(C)(C)C2CCC(N)=O.O=S([O-])O.[Co+3]. The molecule has 1 aromatic heterocycles. The van der Waals surface area contributed by atoms with Crippen LogP contribution in [-0.2, 0) is 80.1 Å². The molecule has 16 N–H and O–H groups in total. The second-order valence-electron chi connectivity index (χ2n) is 27.2. The standard InChI is InChI=1S/C62H90N13O14P.Co.H2O3S/c1-29-20-39-40(21-30(29)2)75(28-70-39)57-52(84)53(41(27-76)87-57)89-90(85,86)88-31(3)26-69-49(83)18-19-59(8)37(22-46(66)80)56-62(11)61(10,25-48(68)82)36(14-17-45(65)79)51(74-62)33(5)55-60(9,24-47(67)81)34(12-15-43(63)77)38(71-55)23-42-58(6,7)35(13-16-44(64)78)50(72-42)32(4)54(59)73-56;;1-4(2)3/h20-21,23,28,31,34-37,41,52-53,56-57,76,84H,12-19,22,24-27H2,1-11H3,(H15,63,64,65,66,67,68,69,71,72,73,74,77,78,79,80,81,82,83,85,86);;(H2,1,2,3)/q;+3;/p-3/t31?,34?,35?,36?,37?,41-,52-,53-,56?,57+,59?,60?,61?,62?;;/m1../s1. The predicted octanol–water partition coefficient (Wildman–Crippen LogP) is 2.65. The molecule has 0 radical (unpaired) electrons. The largest absolute Gasteiger partial charge is 3.00 e. The van der Waals surface area contributed by atoms with Crippen LogP contribution in [0.15, 0.2) is 67.8 Å². The fourth-order valence-corrected chi connectivity index (χ4v) is 16.4. The van der Waals surface area contributed by atoms with Gasteiger partial charge in [-0.2, -0.15) is 5.70 Å². The van der Waals surface area contributed by atoms with Crippen molar-refractivity contribution in [2.24, 2.45) is 94.7 Å². The molecule has 12 unspecified atom stereocenters. The Hall–Kier alpha value is -6.42. The number of phosphoric ester groups is 1. The fourth-order valence-electron chi connectivity index (χ4n) is 15.3. The Kier molecular flexibility index (Phi) is 24.3. The number of aliphatic imine (C=N–C) groups is 3. The number of nitrogens with two attached hydrogens (primary N) is 6. The van der Waals surface area contributed by atoms with E-state index in [1.165, 1.54) is 17.8 Å². The number of amides is 7. The van der Waals surface area contributed by atoms with Crippen molar-refractivity contribution in [2.75, 3.05) is 13.2 Å². The Morgan fingerprint density at radius 1 is 0.811 bits per heavy atom. The van der Waals surface area contributed by atoms with E-state index in [9.17, 15) is 53.2 Å². The predicted molar refractivity (Wildman–Crippen MR) is 343 cm³/mol. The van der Waals surface area contributed by atoms with E-state index in [0.717, 1.165) is 11.1 Å². The molecule has 2 aromatic rings. The summed E-state index contributed by atoms with van der Waals surface area (Å²) >= 11 is -2.86. The van der Waals surface area contributed by atoms with Gasteiger partial charge in [0, 0.05) is 114 Å². The van der Waals surface area contributed by atoms with E-state index < -0.39 is 155 Å². The van der Waals surface area contributed by atoms with Gasteiger partial charge in [0.05, 0.1) is 41.4 Å². The molecule has 6 aliphatic heterocycles. The molecule has 7 heterocycles. The molecule has 6 aliphatic rings. The van der Waals surface area contributed by atoms with Gasteiger partial charge in [-0.25, -0.2) is 9.19 Å². The van der Waals surface area contributed by atoms with Crippen LogP contribution < -0.4 is 44.6 Å². The summed E-state index contributed by atoms with van der Waals surface area (Å²) in [6.45, 7) is 19.0. The summed E-state index contributed by atoms with van der Waals surface area (Å²) in [5, 5.41) is 30.1. The van der Waals surface area contributed by atoms with Crippen LogP contribution in [0.5, 0.6) is 0 Å². The van der Waals surface area contributed by atoms with Crippen molar-refractivity contribution in [3.63, 3.8) is 0 Å². The first-order chi connectivity index (χ1) is 43.6. The third-order valence-corrected chi connectivity index (χ3v) is 21.6. The Bertz CT molecular complexity index is 3660. The molecule has 2 saturated heterocycles. The summed E-state index contributed by atoms with van der Waals surface area (Å²) < 4.78 is 56.0. The van der Waals surface area contributed by atoms with Gasteiger partial charge in [0.15, 0.2) is 6.23 Å². The van der Waals surface area contributed by atoms with E-state index in [2.05, 4.69) is 10.3 Å². The molecule has 33 heteroatoms. The van der Waals surface area contributed by atoms with Crippen molar-refractivity contribution >= 4 is 88.7 Å². The number of aliphatic hydroxyl groups excluding tert-OH is 2. The first-order valence-corrected chi connectivity index (χ1v) is 33.5. The molecule has 1 aromatic carbocycles. The van der Waals surface area contributed by atoms with Crippen LogP contribution in [0, 0.1) is 59.2 Å². The first-order valence-electron chi connectivity index (χ1n) is 31.0. The molecule has 16 atom stereocenters. The maximum absolute atomic E-state index is 14.4. The number of ether oxygens (including phenoxy) is 1. The van der Waals surface area contributed by atoms with E-state index in [-0.39, 0.29) is 94.0 Å². The number of imidazole rings is 1. The molecule has 2 fully saturated rings. The van der Waals surface area contributed by atoms with Crippen molar-refractivity contribution in [2.45, 2.75) is 189 Å². The number of phosphoric acid groups is 1. The van der Waals surface area contributed by atoms with Crippen molar-refractivity contribution in [1.82, 2.24) is 14.9 Å². The zero-order chi connectivity index (χ0) is 70.3. The number of aliphatic hydroxyl groups is 2. The maximum Gasteiger partial charge on any atom is 3.00 e. The average molecular weight is 1410 g/mol. The molecule has 7 amide bonds. The van der Waals surface area contributed by atoms with E-state index >= 15 is 0 Å². The zero-order valence-electron chi connectivity index (χ0n) is 55.2. The van der Waals surface area contributed by atoms with Crippen LogP contribution in [0.2, 0.25) is 0 Å². The third-order valence-electron chi connectivity index (χ3n) is 20.5. The average Bonchev–Trinajstić information content (AvgIpc) is 1.53. The molecule has 0 spiro atoms. The van der Waals surface area contributed by atoms with E-state index in [1.54, 1.807) is 6.92 Å². The Balaban J connectivity index is 0.00000278. The molecule has 0 saturated carbocycles. The number of hydrogen-bond acceptors (Lipinski definition) is 20. The summed E-state index contributed by atoms with van der Waals surface area (Å²) in [4.78, 5) is 128. The van der Waals surface area contributed by atoms with Gasteiger partial charge in [0.1, 0.15) is 18.3 Å². The number of nitrogens with one attached hydrogen (secondary N) is 1. The number of carbonyl (C=O) groups is 7. The number of aryl methyl sites for hydroxylation is 2. The van der Waals surface area contributed by atoms with Gasteiger partial charge in [-0.15, -0.1) is 0 Å². The summed E-state index contributed by atoms with van der Waals surface area (Å²) in [5.74, 6) is -7.40. The summed E-state index contributed by atoms with van der Waals surface area (Å²) in [7, 11) is -5.32. The second kappa shape index (κ2) is 29.7. The Morgan fingerprint density at radius 2 is 1.38 bits per heavy atom. The molecular formula is C62H89CoN13O17PS. The van der Waals surface area contributed by atoms with Crippen LogP contribution in [0.4, 0.5) is 0 Å². The minimum absolute atomic E-state index is 0. The fraction of sp³-hybridized carbons (Fsp3) is 0.629. The summed E-state index contributed by atoms with van der Waals surface area (Å²) in [5.41, 5.74) is 36.7. The smallest absolute Gasteiger partial charge is 0.756 e. The first kappa shape index (κ1) is 77.6. The topological polar surface area (TPSA) is 525 Å². The quantitative estimate of drug-likeness (QED) is 0.0478. The molecule has 8 rings (SSSR count). The van der Waals surface area contributed by atoms with Gasteiger partial charge in [0.2, 0.25) is 41.4 Å². The number of allylic oxidation sites excluding steroid dienone is 6. The number of carbonyl (C=O) groups excluding carboxylic acids is 7. The Labute approximate surface area is 564 Å². The Morgan fingerprint density at radius 3 is 1.94 bits per heavy atom. The number of nitrogens with zero attached hydrogens (tertiary/aromatic N) is 6. The molecule has 95 heavy (non-hydrogen) atoms.